The molecule has 0 aliphatic heterocycles. The lowest BCUT2D eigenvalue weighted by molar-refractivity contribution is 0.0323. The van der Waals surface area contributed by atoms with Crippen LogP contribution in [0.2, 0.25) is 0 Å². The molecule has 0 saturated heterocycles. The first-order valence-corrected chi connectivity index (χ1v) is 6.40. The van der Waals surface area contributed by atoms with Crippen molar-refractivity contribution in [3.8, 4) is 0 Å². The van der Waals surface area contributed by atoms with Gasteiger partial charge in [0.05, 0.1) is 18.4 Å². The van der Waals surface area contributed by atoms with Crippen LogP contribution in [-0.4, -0.2) is 32.9 Å². The Bertz CT molecular complexity index is 719. The van der Waals surface area contributed by atoms with Crippen molar-refractivity contribution < 1.29 is 13.2 Å². The maximum absolute atomic E-state index is 13.3. The molecule has 2 aromatic heterocycles. The maximum atomic E-state index is 13.3. The highest BCUT2D eigenvalue weighted by Crippen LogP contribution is 2.25. The van der Waals surface area contributed by atoms with Gasteiger partial charge in [-0.3, -0.25) is 0 Å². The highest BCUT2D eigenvalue weighted by molar-refractivity contribution is 5.64. The van der Waals surface area contributed by atoms with Gasteiger partial charge in [-0.2, -0.15) is 5.10 Å². The number of alkyl halides is 1. The second-order valence-electron chi connectivity index (χ2n) is 5.09. The van der Waals surface area contributed by atoms with Crippen LogP contribution in [0.3, 0.4) is 0 Å². The zero-order valence-electron chi connectivity index (χ0n) is 13.8. The molecule has 20 heavy (non-hydrogen) atoms. The van der Waals surface area contributed by atoms with Crippen LogP contribution in [0.5, 0.6) is 0 Å². The van der Waals surface area contributed by atoms with Crippen molar-refractivity contribution in [1.82, 2.24) is 14.6 Å². The number of nitrogen functional groups attached to an aromatic ring is 1. The Morgan fingerprint density at radius 3 is 3.15 bits per heavy atom. The molecular weight excluding hydrogens is 261 g/mol. The van der Waals surface area contributed by atoms with E-state index in [9.17, 15) is 4.39 Å². The minimum absolute atomic E-state index is 0.189. The van der Waals surface area contributed by atoms with Crippen molar-refractivity contribution in [1.29, 1.82) is 0 Å². The van der Waals surface area contributed by atoms with Gasteiger partial charge in [0.25, 0.3) is 0 Å². The molecule has 3 rings (SSSR count). The topological polar surface area (TPSA) is 91.5 Å². The van der Waals surface area contributed by atoms with E-state index in [0.29, 0.717) is 17.7 Å². The summed E-state index contributed by atoms with van der Waals surface area (Å²) in [4.78, 5) is 3.94. The molecule has 0 spiro atoms. The van der Waals surface area contributed by atoms with E-state index >= 15 is 0 Å². The fourth-order valence-corrected chi connectivity index (χ4v) is 2.51. The molecule has 0 amide bonds. The van der Waals surface area contributed by atoms with Gasteiger partial charge >= 0.3 is 0 Å². The number of nitrogens with zero attached hydrogens (tertiary/aromatic N) is 3. The molecule has 108 valence electrons. The molecule has 3 atom stereocenters. The van der Waals surface area contributed by atoms with E-state index in [4.69, 9.17) is 20.3 Å². The van der Waals surface area contributed by atoms with Crippen molar-refractivity contribution in [2.24, 2.45) is 5.73 Å². The molecule has 1 fully saturated rings. The first-order valence-electron chi connectivity index (χ1n) is 7.90. The fourth-order valence-electron chi connectivity index (χ4n) is 2.51. The summed E-state index contributed by atoms with van der Waals surface area (Å²) in [5, 5.41) is 3.94. The molecule has 7 heteroatoms. The summed E-state index contributed by atoms with van der Waals surface area (Å²) >= 11 is 0. The number of aromatic nitrogens is 3. The summed E-state index contributed by atoms with van der Waals surface area (Å²) in [5.41, 5.74) is 13.0. The number of hydrogen-bond acceptors (Lipinski definition) is 5. The van der Waals surface area contributed by atoms with Crippen molar-refractivity contribution in [3.05, 3.63) is 23.7 Å². The predicted molar refractivity (Wildman–Crippen MR) is 72.8 cm³/mol. The van der Waals surface area contributed by atoms with E-state index < -0.39 is 13.0 Å². The maximum Gasteiger partial charge on any atom is 0.178 e. The summed E-state index contributed by atoms with van der Waals surface area (Å²) in [6.07, 6.45) is 0.916. The molecule has 2 aromatic rings. The Balaban J connectivity index is 1.79. The number of ether oxygens (including phenoxy) is 1. The summed E-state index contributed by atoms with van der Waals surface area (Å²) in [6, 6.07) is 1.32. The van der Waals surface area contributed by atoms with Crippen molar-refractivity contribution >= 4 is 11.3 Å². The zero-order valence-corrected chi connectivity index (χ0v) is 10.8. The molecule has 3 unspecified atom stereocenters. The predicted octanol–water partition coefficient (Wildman–Crippen LogP) is 0.964. The van der Waals surface area contributed by atoms with Crippen molar-refractivity contribution in [2.45, 2.75) is 44.6 Å². The number of aryl methyl sites for hydroxylation is 1. The lowest BCUT2D eigenvalue weighted by Gasteiger charge is -2.16. The molecule has 6 nitrogen and oxygen atoms in total. The quantitative estimate of drug-likeness (QED) is 0.875. The Morgan fingerprint density at radius 2 is 2.45 bits per heavy atom. The van der Waals surface area contributed by atoms with Gasteiger partial charge in [0.2, 0.25) is 0 Å². The number of nitrogens with two attached hydrogens (primary N) is 2. The number of rotatable bonds is 3. The lowest BCUT2D eigenvalue weighted by Crippen LogP contribution is -2.31. The smallest absolute Gasteiger partial charge is 0.178 e. The van der Waals surface area contributed by atoms with Gasteiger partial charge in [0.1, 0.15) is 12.0 Å². The van der Waals surface area contributed by atoms with Crippen LogP contribution in [0, 0.1) is 6.85 Å². The third-order valence-electron chi connectivity index (χ3n) is 3.48. The molecule has 1 aliphatic rings. The molecule has 0 bridgehead atoms. The zero-order chi connectivity index (χ0) is 16.8. The highest BCUT2D eigenvalue weighted by Gasteiger charge is 2.32. The number of halogens is 1. The first kappa shape index (κ1) is 10.1. The normalized spacial score (nSPS) is 29.3. The molecule has 0 aromatic carbocycles. The Kier molecular flexibility index (Phi) is 2.51. The van der Waals surface area contributed by atoms with Gasteiger partial charge < -0.3 is 16.2 Å². The summed E-state index contributed by atoms with van der Waals surface area (Å²) in [6.45, 7) is -2.21. The summed E-state index contributed by atoms with van der Waals surface area (Å²) in [5.74, 6) is -0.264. The molecule has 4 N–H and O–H groups in total. The third kappa shape index (κ3) is 2.46. The number of hydrogen-bond donors (Lipinski definition) is 2. The molecule has 1 saturated carbocycles. The van der Waals surface area contributed by atoms with Gasteiger partial charge in [0, 0.05) is 22.8 Å². The number of pyridine rings is 1. The van der Waals surface area contributed by atoms with Gasteiger partial charge in [0.15, 0.2) is 5.65 Å². The fraction of sp³-hybridized carbons (Fsp3) is 0.538. The van der Waals surface area contributed by atoms with Crippen LogP contribution < -0.4 is 11.5 Å². The Morgan fingerprint density at radius 1 is 1.60 bits per heavy atom. The highest BCUT2D eigenvalue weighted by atomic mass is 19.1. The third-order valence-corrected chi connectivity index (χ3v) is 3.48. The van der Waals surface area contributed by atoms with E-state index in [2.05, 4.69) is 10.1 Å². The molecule has 0 radical (unpaired) electrons. The summed E-state index contributed by atoms with van der Waals surface area (Å²) in [7, 11) is 0. The average molecular weight is 282 g/mol. The standard InChI is InChI=1S/C13H18FN5O/c1-7-17-13-11(16)2-8(5-19(13)18-7)6-20-12-4-9(14)3-10(12)15/h2,5,9-10,12H,3-4,6,15-16H2,1H3/i1D3. The van der Waals surface area contributed by atoms with Gasteiger partial charge in [-0.25, -0.2) is 13.9 Å². The minimum atomic E-state index is -2.40. The first-order chi connectivity index (χ1) is 10.7. The van der Waals surface area contributed by atoms with Crippen LogP contribution in [0.15, 0.2) is 12.3 Å². The minimum Gasteiger partial charge on any atom is -0.396 e. The van der Waals surface area contributed by atoms with Crippen LogP contribution in [0.25, 0.3) is 5.65 Å². The number of anilines is 1. The van der Waals surface area contributed by atoms with E-state index in [0.717, 1.165) is 0 Å². The second kappa shape index (κ2) is 4.99. The Hall–Kier alpha value is -1.73. The van der Waals surface area contributed by atoms with E-state index in [1.165, 1.54) is 4.52 Å². The Labute approximate surface area is 120 Å². The van der Waals surface area contributed by atoms with Gasteiger partial charge in [-0.05, 0) is 24.9 Å². The van der Waals surface area contributed by atoms with Gasteiger partial charge in [-0.15, -0.1) is 0 Å². The second-order valence-corrected chi connectivity index (χ2v) is 5.09. The SMILES string of the molecule is [2H]C([2H])([2H])c1nc2c(N)cc(COC3CC(F)CC3N)cn2n1. The average Bonchev–Trinajstić information content (AvgIpc) is 2.99. The van der Waals surface area contributed by atoms with Crippen molar-refractivity contribution in [2.75, 3.05) is 5.73 Å². The molecule has 1 aliphatic carbocycles. The van der Waals surface area contributed by atoms with Gasteiger partial charge in [-0.1, -0.05) is 0 Å². The van der Waals surface area contributed by atoms with E-state index in [-0.39, 0.29) is 36.6 Å². The van der Waals surface area contributed by atoms with Crippen molar-refractivity contribution in [3.63, 3.8) is 0 Å². The van der Waals surface area contributed by atoms with E-state index in [1.807, 2.05) is 0 Å². The number of fused-ring (bicyclic) bond motifs is 1. The van der Waals surface area contributed by atoms with Crippen LogP contribution in [0.1, 0.15) is 28.3 Å². The van der Waals surface area contributed by atoms with Crippen LogP contribution in [-0.2, 0) is 11.3 Å². The molecular formula is C13H18FN5O. The molecule has 2 heterocycles. The van der Waals surface area contributed by atoms with Crippen LogP contribution in [0.4, 0.5) is 10.1 Å². The lowest BCUT2D eigenvalue weighted by atomic mass is 10.2. The largest absolute Gasteiger partial charge is 0.396 e. The monoisotopic (exact) mass is 282 g/mol. The van der Waals surface area contributed by atoms with E-state index in [1.54, 1.807) is 12.3 Å². The summed E-state index contributed by atoms with van der Waals surface area (Å²) < 4.78 is 42.3. The van der Waals surface area contributed by atoms with Crippen LogP contribution >= 0.6 is 0 Å².